The summed E-state index contributed by atoms with van der Waals surface area (Å²) < 4.78 is 40.7. The van der Waals surface area contributed by atoms with Crippen LogP contribution in [0.5, 0.6) is 0 Å². The van der Waals surface area contributed by atoms with E-state index < -0.39 is 15.8 Å². The van der Waals surface area contributed by atoms with E-state index in [9.17, 15) is 12.8 Å². The molecule has 0 fully saturated rings. The molecule has 114 valence electrons. The van der Waals surface area contributed by atoms with Gasteiger partial charge < -0.3 is 5.73 Å². The fourth-order valence-electron chi connectivity index (χ4n) is 2.04. The molecule has 0 saturated heterocycles. The van der Waals surface area contributed by atoms with Crippen LogP contribution in [0.15, 0.2) is 23.1 Å². The van der Waals surface area contributed by atoms with Crippen LogP contribution in [-0.2, 0) is 16.6 Å². The predicted octanol–water partition coefficient (Wildman–Crippen LogP) is 2.39. The molecule has 1 rings (SSSR count). The van der Waals surface area contributed by atoms with E-state index in [4.69, 9.17) is 5.73 Å². The molecule has 3 N–H and O–H groups in total. The van der Waals surface area contributed by atoms with Gasteiger partial charge in [-0.15, -0.1) is 0 Å². The van der Waals surface area contributed by atoms with E-state index in [0.717, 1.165) is 18.9 Å². The van der Waals surface area contributed by atoms with Gasteiger partial charge >= 0.3 is 0 Å². The van der Waals surface area contributed by atoms with E-state index in [1.165, 1.54) is 12.1 Å². The van der Waals surface area contributed by atoms with Crippen molar-refractivity contribution in [3.05, 3.63) is 29.6 Å². The van der Waals surface area contributed by atoms with Gasteiger partial charge in [0.2, 0.25) is 10.0 Å². The van der Waals surface area contributed by atoms with Crippen molar-refractivity contribution >= 4 is 10.0 Å². The number of benzene rings is 1. The van der Waals surface area contributed by atoms with Gasteiger partial charge in [0.1, 0.15) is 10.7 Å². The highest BCUT2D eigenvalue weighted by Crippen LogP contribution is 2.18. The van der Waals surface area contributed by atoms with Crippen LogP contribution in [0.25, 0.3) is 0 Å². The second-order valence-corrected chi connectivity index (χ2v) is 6.92. The molecule has 1 aromatic carbocycles. The summed E-state index contributed by atoms with van der Waals surface area (Å²) in [6, 6.07) is 3.71. The van der Waals surface area contributed by atoms with Gasteiger partial charge in [0.15, 0.2) is 0 Å². The minimum absolute atomic E-state index is 0.176. The number of sulfonamides is 1. The van der Waals surface area contributed by atoms with Gasteiger partial charge in [-0.25, -0.2) is 17.5 Å². The van der Waals surface area contributed by atoms with Crippen molar-refractivity contribution in [3.8, 4) is 0 Å². The standard InChI is InChI=1S/C14H23FN2O2S/c1-4-10(2)7-11(3)17-20(18,19)14-6-5-12(9-16)8-13(14)15/h5-6,8,10-11,17H,4,7,9,16H2,1-3H3. The quantitative estimate of drug-likeness (QED) is 0.812. The van der Waals surface area contributed by atoms with Crippen LogP contribution in [0.2, 0.25) is 0 Å². The van der Waals surface area contributed by atoms with E-state index in [2.05, 4.69) is 18.6 Å². The van der Waals surface area contributed by atoms with Gasteiger partial charge in [-0.2, -0.15) is 0 Å². The SMILES string of the molecule is CCC(C)CC(C)NS(=O)(=O)c1ccc(CN)cc1F. The summed E-state index contributed by atoms with van der Waals surface area (Å²) >= 11 is 0. The Bertz CT molecular complexity index is 546. The van der Waals surface area contributed by atoms with Crippen LogP contribution >= 0.6 is 0 Å². The summed E-state index contributed by atoms with van der Waals surface area (Å²) in [6.45, 7) is 6.07. The highest BCUT2D eigenvalue weighted by atomic mass is 32.2. The largest absolute Gasteiger partial charge is 0.326 e. The van der Waals surface area contributed by atoms with Gasteiger partial charge in [0.05, 0.1) is 0 Å². The Morgan fingerprint density at radius 3 is 2.50 bits per heavy atom. The lowest BCUT2D eigenvalue weighted by atomic mass is 10.0. The normalized spacial score (nSPS) is 15.1. The smallest absolute Gasteiger partial charge is 0.243 e. The van der Waals surface area contributed by atoms with Gasteiger partial charge in [-0.1, -0.05) is 26.3 Å². The molecular weight excluding hydrogens is 279 g/mol. The number of nitrogens with one attached hydrogen (secondary N) is 1. The third-order valence-corrected chi connectivity index (χ3v) is 4.95. The molecular formula is C14H23FN2O2S. The van der Waals surface area contributed by atoms with Crippen LogP contribution < -0.4 is 10.5 Å². The zero-order valence-electron chi connectivity index (χ0n) is 12.2. The predicted molar refractivity (Wildman–Crippen MR) is 78.1 cm³/mol. The number of hydrogen-bond acceptors (Lipinski definition) is 3. The van der Waals surface area contributed by atoms with Crippen molar-refractivity contribution in [2.45, 2.75) is 51.1 Å². The average molecular weight is 302 g/mol. The van der Waals surface area contributed by atoms with Crippen LogP contribution in [0.1, 0.15) is 39.2 Å². The van der Waals surface area contributed by atoms with Crippen LogP contribution in [0, 0.1) is 11.7 Å². The van der Waals surface area contributed by atoms with Crippen LogP contribution in [0.3, 0.4) is 0 Å². The Morgan fingerprint density at radius 2 is 2.00 bits per heavy atom. The Kier molecular flexibility index (Phi) is 6.10. The summed E-state index contributed by atoms with van der Waals surface area (Å²) in [5, 5.41) is 0. The molecule has 6 heteroatoms. The van der Waals surface area contributed by atoms with Crippen molar-refractivity contribution < 1.29 is 12.8 Å². The van der Waals surface area contributed by atoms with Crippen LogP contribution in [-0.4, -0.2) is 14.5 Å². The summed E-state index contributed by atoms with van der Waals surface area (Å²) in [5.41, 5.74) is 5.96. The van der Waals surface area contributed by atoms with Gasteiger partial charge in [0.25, 0.3) is 0 Å². The average Bonchev–Trinajstić information content (AvgIpc) is 2.37. The molecule has 4 nitrogen and oxygen atoms in total. The van der Waals surface area contributed by atoms with Crippen molar-refractivity contribution in [1.82, 2.24) is 4.72 Å². The first-order valence-corrected chi connectivity index (χ1v) is 8.29. The van der Waals surface area contributed by atoms with Crippen molar-refractivity contribution in [2.24, 2.45) is 11.7 Å². The monoisotopic (exact) mass is 302 g/mol. The maximum absolute atomic E-state index is 13.8. The first-order valence-electron chi connectivity index (χ1n) is 6.81. The fourth-order valence-corrected chi connectivity index (χ4v) is 3.35. The van der Waals surface area contributed by atoms with Crippen molar-refractivity contribution in [1.29, 1.82) is 0 Å². The highest BCUT2D eigenvalue weighted by molar-refractivity contribution is 7.89. The molecule has 2 atom stereocenters. The Morgan fingerprint density at radius 1 is 1.35 bits per heavy atom. The molecule has 0 heterocycles. The summed E-state index contributed by atoms with van der Waals surface area (Å²) in [5.74, 6) is -0.353. The maximum Gasteiger partial charge on any atom is 0.243 e. The molecule has 0 spiro atoms. The second-order valence-electron chi connectivity index (χ2n) is 5.24. The first-order chi connectivity index (χ1) is 9.30. The Balaban J connectivity index is 2.88. The number of halogens is 1. The van der Waals surface area contributed by atoms with Gasteiger partial charge in [-0.3, -0.25) is 0 Å². The zero-order valence-corrected chi connectivity index (χ0v) is 13.0. The van der Waals surface area contributed by atoms with Gasteiger partial charge in [0, 0.05) is 12.6 Å². The van der Waals surface area contributed by atoms with Crippen molar-refractivity contribution in [3.63, 3.8) is 0 Å². The lowest BCUT2D eigenvalue weighted by molar-refractivity contribution is 0.444. The second kappa shape index (κ2) is 7.15. The van der Waals surface area contributed by atoms with Gasteiger partial charge in [-0.05, 0) is 37.0 Å². The molecule has 0 aliphatic carbocycles. The number of hydrogen-bond donors (Lipinski definition) is 2. The van der Waals surface area contributed by atoms with E-state index in [0.29, 0.717) is 11.5 Å². The molecule has 0 aromatic heterocycles. The minimum Gasteiger partial charge on any atom is -0.326 e. The number of rotatable bonds is 7. The molecule has 20 heavy (non-hydrogen) atoms. The molecule has 2 unspecified atom stereocenters. The first kappa shape index (κ1) is 17.1. The molecule has 0 amide bonds. The van der Waals surface area contributed by atoms with Crippen LogP contribution in [0.4, 0.5) is 4.39 Å². The molecule has 0 saturated carbocycles. The lowest BCUT2D eigenvalue weighted by Crippen LogP contribution is -2.34. The lowest BCUT2D eigenvalue weighted by Gasteiger charge is -2.18. The summed E-state index contributed by atoms with van der Waals surface area (Å²) in [6.07, 6.45) is 1.70. The molecule has 1 aromatic rings. The van der Waals surface area contributed by atoms with E-state index in [-0.39, 0.29) is 17.5 Å². The van der Waals surface area contributed by atoms with E-state index in [1.807, 2.05) is 0 Å². The topological polar surface area (TPSA) is 72.2 Å². The summed E-state index contributed by atoms with van der Waals surface area (Å²) in [7, 11) is -3.83. The minimum atomic E-state index is -3.83. The maximum atomic E-state index is 13.8. The zero-order chi connectivity index (χ0) is 15.3. The van der Waals surface area contributed by atoms with E-state index in [1.54, 1.807) is 6.92 Å². The Labute approximate surface area is 120 Å². The Hall–Kier alpha value is -0.980. The fraction of sp³-hybridized carbons (Fsp3) is 0.571. The molecule has 0 aliphatic heterocycles. The highest BCUT2D eigenvalue weighted by Gasteiger charge is 2.22. The number of nitrogens with two attached hydrogens (primary N) is 1. The molecule has 0 aliphatic rings. The molecule has 0 radical (unpaired) electrons. The third kappa shape index (κ3) is 4.54. The summed E-state index contributed by atoms with van der Waals surface area (Å²) in [4.78, 5) is -0.328. The third-order valence-electron chi connectivity index (χ3n) is 3.33. The molecule has 0 bridgehead atoms. The van der Waals surface area contributed by atoms with E-state index >= 15 is 0 Å². The van der Waals surface area contributed by atoms with Crippen molar-refractivity contribution in [2.75, 3.05) is 0 Å².